The van der Waals surface area contributed by atoms with E-state index >= 15 is 0 Å². The van der Waals surface area contributed by atoms with Crippen LogP contribution in [0.3, 0.4) is 0 Å². The van der Waals surface area contributed by atoms with Crippen LogP contribution < -0.4 is 4.74 Å². The molecule has 0 amide bonds. The van der Waals surface area contributed by atoms with Crippen LogP contribution in [0.4, 0.5) is 0 Å². The Labute approximate surface area is 80.9 Å². The first-order valence-electron chi connectivity index (χ1n) is 3.63. The third-order valence-corrected chi connectivity index (χ3v) is 2.06. The third kappa shape index (κ3) is 1.60. The normalized spacial score (nSPS) is 9.77. The first-order chi connectivity index (χ1) is 6.11. The number of aromatic hydroxyl groups is 1. The summed E-state index contributed by atoms with van der Waals surface area (Å²) < 4.78 is 4.83. The second kappa shape index (κ2) is 3.66. The number of phenols is 1. The van der Waals surface area contributed by atoms with E-state index in [0.29, 0.717) is 16.9 Å². The van der Waals surface area contributed by atoms with Crippen LogP contribution >= 0.6 is 11.6 Å². The molecule has 0 aromatic heterocycles. The number of benzene rings is 1. The van der Waals surface area contributed by atoms with Crippen molar-refractivity contribution in [2.45, 2.75) is 6.92 Å². The number of carbonyl (C=O) groups is 1. The summed E-state index contributed by atoms with van der Waals surface area (Å²) in [5, 5.41) is 9.80. The fourth-order valence-corrected chi connectivity index (χ4v) is 1.43. The Morgan fingerprint density at radius 1 is 1.62 bits per heavy atom. The van der Waals surface area contributed by atoms with Gasteiger partial charge in [-0.25, -0.2) is 0 Å². The average molecular weight is 201 g/mol. The van der Waals surface area contributed by atoms with Crippen molar-refractivity contribution < 1.29 is 14.6 Å². The molecule has 0 atom stereocenters. The molecule has 0 radical (unpaired) electrons. The van der Waals surface area contributed by atoms with Gasteiger partial charge in [0, 0.05) is 0 Å². The van der Waals surface area contributed by atoms with Crippen LogP contribution in [0.5, 0.6) is 11.5 Å². The minimum absolute atomic E-state index is 0.134. The van der Waals surface area contributed by atoms with E-state index in [1.807, 2.05) is 0 Å². The molecule has 4 heteroatoms. The maximum atomic E-state index is 10.6. The number of halogens is 1. The van der Waals surface area contributed by atoms with Crippen LogP contribution in [0, 0.1) is 6.92 Å². The summed E-state index contributed by atoms with van der Waals surface area (Å²) in [5.74, 6) is -0.0723. The van der Waals surface area contributed by atoms with Gasteiger partial charge in [0.25, 0.3) is 0 Å². The Hall–Kier alpha value is -1.22. The Morgan fingerprint density at radius 2 is 2.23 bits per heavy atom. The molecule has 0 unspecified atom stereocenters. The summed E-state index contributed by atoms with van der Waals surface area (Å²) in [4.78, 5) is 10.6. The van der Waals surface area contributed by atoms with Gasteiger partial charge in [0.15, 0.2) is 17.8 Å². The predicted octanol–water partition coefficient (Wildman–Crippen LogP) is 2.18. The molecule has 3 nitrogen and oxygen atoms in total. The highest BCUT2D eigenvalue weighted by molar-refractivity contribution is 6.32. The zero-order chi connectivity index (χ0) is 10.0. The smallest absolute Gasteiger partial charge is 0.179 e. The number of rotatable bonds is 2. The van der Waals surface area contributed by atoms with Crippen LogP contribution in [0.2, 0.25) is 5.02 Å². The van der Waals surface area contributed by atoms with Gasteiger partial charge >= 0.3 is 0 Å². The Balaban J connectivity index is 3.47. The molecular weight excluding hydrogens is 192 g/mol. The van der Waals surface area contributed by atoms with Gasteiger partial charge in [-0.05, 0) is 18.6 Å². The second-order valence-corrected chi connectivity index (χ2v) is 3.00. The quantitative estimate of drug-likeness (QED) is 0.745. The molecule has 1 aromatic carbocycles. The standard InChI is InChI=1S/C9H9ClO3/c1-5-3-7(10)9(13-2)8(12)6(5)4-11/h3-4,12H,1-2H3. The van der Waals surface area contributed by atoms with Gasteiger partial charge in [0.2, 0.25) is 0 Å². The highest BCUT2D eigenvalue weighted by atomic mass is 35.5. The third-order valence-electron chi connectivity index (χ3n) is 1.78. The minimum Gasteiger partial charge on any atom is -0.504 e. The van der Waals surface area contributed by atoms with E-state index < -0.39 is 0 Å². The van der Waals surface area contributed by atoms with Gasteiger partial charge in [-0.2, -0.15) is 0 Å². The van der Waals surface area contributed by atoms with Gasteiger partial charge in [0.05, 0.1) is 17.7 Å². The van der Waals surface area contributed by atoms with Gasteiger partial charge < -0.3 is 9.84 Å². The van der Waals surface area contributed by atoms with Crippen LogP contribution in [0.15, 0.2) is 6.07 Å². The molecule has 0 aliphatic carbocycles. The van der Waals surface area contributed by atoms with Crippen LogP contribution in [0.25, 0.3) is 0 Å². The summed E-state index contributed by atoms with van der Waals surface area (Å²) in [5.41, 5.74) is 0.833. The summed E-state index contributed by atoms with van der Waals surface area (Å²) in [7, 11) is 1.38. The average Bonchev–Trinajstić information content (AvgIpc) is 2.04. The first-order valence-corrected chi connectivity index (χ1v) is 4.00. The molecule has 0 saturated heterocycles. The molecule has 70 valence electrons. The van der Waals surface area contributed by atoms with Crippen molar-refractivity contribution in [2.75, 3.05) is 7.11 Å². The van der Waals surface area contributed by atoms with E-state index in [-0.39, 0.29) is 17.1 Å². The molecule has 1 N–H and O–H groups in total. The van der Waals surface area contributed by atoms with Crippen molar-refractivity contribution in [3.8, 4) is 11.5 Å². The fourth-order valence-electron chi connectivity index (χ4n) is 1.10. The number of phenolic OH excluding ortho intramolecular Hbond substituents is 1. The summed E-state index contributed by atoms with van der Waals surface area (Å²) in [6.45, 7) is 1.69. The molecule has 1 aromatic rings. The molecular formula is C9H9ClO3. The van der Waals surface area contributed by atoms with Gasteiger partial charge in [-0.3, -0.25) is 4.79 Å². The molecule has 0 fully saturated rings. The lowest BCUT2D eigenvalue weighted by Gasteiger charge is -2.09. The number of ether oxygens (including phenoxy) is 1. The van der Waals surface area contributed by atoms with E-state index in [2.05, 4.69) is 0 Å². The lowest BCUT2D eigenvalue weighted by atomic mass is 10.1. The van der Waals surface area contributed by atoms with E-state index in [1.54, 1.807) is 13.0 Å². The molecule has 0 saturated carbocycles. The summed E-state index contributed by atoms with van der Waals surface area (Å²) >= 11 is 5.76. The van der Waals surface area contributed by atoms with Crippen molar-refractivity contribution in [1.82, 2.24) is 0 Å². The number of hydrogen-bond donors (Lipinski definition) is 1. The lowest BCUT2D eigenvalue weighted by Crippen LogP contribution is -1.92. The highest BCUT2D eigenvalue weighted by Gasteiger charge is 2.14. The predicted molar refractivity (Wildman–Crippen MR) is 49.8 cm³/mol. The van der Waals surface area contributed by atoms with Gasteiger partial charge in [0.1, 0.15) is 0 Å². The largest absolute Gasteiger partial charge is 0.504 e. The zero-order valence-corrected chi connectivity index (χ0v) is 8.05. The fraction of sp³-hybridized carbons (Fsp3) is 0.222. The van der Waals surface area contributed by atoms with E-state index in [4.69, 9.17) is 16.3 Å². The minimum atomic E-state index is -0.206. The SMILES string of the molecule is COc1c(Cl)cc(C)c(C=O)c1O. The zero-order valence-electron chi connectivity index (χ0n) is 7.30. The first kappa shape index (κ1) is 9.86. The number of aryl methyl sites for hydroxylation is 1. The van der Waals surface area contributed by atoms with Crippen LogP contribution in [-0.2, 0) is 0 Å². The molecule has 0 spiro atoms. The molecule has 0 aliphatic heterocycles. The Kier molecular flexibility index (Phi) is 2.78. The van der Waals surface area contributed by atoms with E-state index in [1.165, 1.54) is 7.11 Å². The second-order valence-electron chi connectivity index (χ2n) is 2.59. The van der Waals surface area contributed by atoms with E-state index in [9.17, 15) is 9.90 Å². The van der Waals surface area contributed by atoms with Crippen molar-refractivity contribution in [1.29, 1.82) is 0 Å². The van der Waals surface area contributed by atoms with E-state index in [0.717, 1.165) is 0 Å². The molecule has 0 bridgehead atoms. The van der Waals surface area contributed by atoms with Crippen LogP contribution in [0.1, 0.15) is 15.9 Å². The number of aldehydes is 1. The van der Waals surface area contributed by atoms with Crippen molar-refractivity contribution in [3.05, 3.63) is 22.2 Å². The van der Waals surface area contributed by atoms with Crippen LogP contribution in [-0.4, -0.2) is 18.5 Å². The monoisotopic (exact) mass is 200 g/mol. The number of carbonyl (C=O) groups excluding carboxylic acids is 1. The highest BCUT2D eigenvalue weighted by Crippen LogP contribution is 2.37. The Morgan fingerprint density at radius 3 is 2.69 bits per heavy atom. The summed E-state index contributed by atoms with van der Waals surface area (Å²) in [6, 6.07) is 1.57. The number of methoxy groups -OCH3 is 1. The van der Waals surface area contributed by atoms with Crippen molar-refractivity contribution in [2.24, 2.45) is 0 Å². The maximum Gasteiger partial charge on any atom is 0.179 e. The molecule has 13 heavy (non-hydrogen) atoms. The lowest BCUT2D eigenvalue weighted by molar-refractivity contribution is 0.112. The molecule has 1 rings (SSSR count). The molecule has 0 aliphatic rings. The topological polar surface area (TPSA) is 46.5 Å². The maximum absolute atomic E-state index is 10.6. The van der Waals surface area contributed by atoms with Crippen molar-refractivity contribution in [3.63, 3.8) is 0 Å². The van der Waals surface area contributed by atoms with Crippen molar-refractivity contribution >= 4 is 17.9 Å². The number of hydrogen-bond acceptors (Lipinski definition) is 3. The Bertz CT molecular complexity index is 347. The molecule has 0 heterocycles. The summed E-state index contributed by atoms with van der Waals surface area (Å²) in [6.07, 6.45) is 0.573. The van der Waals surface area contributed by atoms with Gasteiger partial charge in [-0.1, -0.05) is 11.6 Å². The van der Waals surface area contributed by atoms with Gasteiger partial charge in [-0.15, -0.1) is 0 Å².